The summed E-state index contributed by atoms with van der Waals surface area (Å²) in [5.74, 6) is 1.91. The summed E-state index contributed by atoms with van der Waals surface area (Å²) in [6, 6.07) is 13.5. The van der Waals surface area contributed by atoms with Gasteiger partial charge >= 0.3 is 0 Å². The van der Waals surface area contributed by atoms with Crippen molar-refractivity contribution in [3.63, 3.8) is 0 Å². The molecule has 4 nitrogen and oxygen atoms in total. The van der Waals surface area contributed by atoms with Crippen LogP contribution >= 0.6 is 11.6 Å². The van der Waals surface area contributed by atoms with E-state index in [1.54, 1.807) is 24.5 Å². The first-order valence-electron chi connectivity index (χ1n) is 11.1. The van der Waals surface area contributed by atoms with Crippen molar-refractivity contribution in [2.24, 2.45) is 0 Å². The molecule has 4 aromatic rings. The molecule has 0 saturated carbocycles. The Bertz CT molecular complexity index is 1420. The van der Waals surface area contributed by atoms with Gasteiger partial charge in [-0.25, -0.2) is 0 Å². The van der Waals surface area contributed by atoms with Gasteiger partial charge in [0.05, 0.1) is 6.20 Å². The number of benzene rings is 2. The summed E-state index contributed by atoms with van der Waals surface area (Å²) >= 11 is 6.10. The first-order valence-corrected chi connectivity index (χ1v) is 11.4. The molecule has 2 heterocycles. The number of aromatic nitrogens is 2. The van der Waals surface area contributed by atoms with Crippen molar-refractivity contribution in [3.05, 3.63) is 107 Å². The topological polar surface area (TPSA) is 47.1 Å². The lowest BCUT2D eigenvalue weighted by atomic mass is 10.1. The van der Waals surface area contributed by atoms with E-state index in [1.807, 2.05) is 57.3 Å². The van der Waals surface area contributed by atoms with Crippen LogP contribution in [0.15, 0.2) is 80.0 Å². The molecule has 0 atom stereocenters. The molecule has 2 aromatic heterocycles. The number of H-pyrrole nitrogens is 1. The Morgan fingerprint density at radius 3 is 2.65 bits per heavy atom. The SMILES string of the molecule is C=C(/C=c1/[nH]cc(C(=C)COc2cc3ccc(Cl)cc3cc2C)c1=C)Oc1cccnc1.CC. The van der Waals surface area contributed by atoms with Gasteiger partial charge in [-0.3, -0.25) is 4.98 Å². The lowest BCUT2D eigenvalue weighted by Gasteiger charge is -2.12. The number of hydrogen-bond acceptors (Lipinski definition) is 3. The summed E-state index contributed by atoms with van der Waals surface area (Å²) in [6.07, 6.45) is 6.98. The third-order valence-electron chi connectivity index (χ3n) is 5.09. The molecule has 0 spiro atoms. The highest BCUT2D eigenvalue weighted by Crippen LogP contribution is 2.28. The molecule has 0 amide bonds. The normalized spacial score (nSPS) is 11.0. The molecule has 0 radical (unpaired) electrons. The van der Waals surface area contributed by atoms with Crippen molar-refractivity contribution in [2.45, 2.75) is 20.8 Å². The van der Waals surface area contributed by atoms with Gasteiger partial charge in [-0.15, -0.1) is 0 Å². The Morgan fingerprint density at radius 1 is 1.12 bits per heavy atom. The molecular weight excluding hydrogens is 444 g/mol. The number of ether oxygens (including phenoxy) is 2. The van der Waals surface area contributed by atoms with Gasteiger partial charge in [-0.1, -0.05) is 51.3 Å². The van der Waals surface area contributed by atoms with Gasteiger partial charge in [-0.2, -0.15) is 0 Å². The van der Waals surface area contributed by atoms with Gasteiger partial charge in [0.2, 0.25) is 0 Å². The van der Waals surface area contributed by atoms with Crippen LogP contribution in [-0.4, -0.2) is 16.6 Å². The number of nitrogens with zero attached hydrogens (tertiary/aromatic N) is 1. The second-order valence-corrected chi connectivity index (χ2v) is 7.93. The van der Waals surface area contributed by atoms with Crippen molar-refractivity contribution in [1.82, 2.24) is 9.97 Å². The zero-order valence-electron chi connectivity index (χ0n) is 19.8. The van der Waals surface area contributed by atoms with Crippen LogP contribution in [0.5, 0.6) is 11.5 Å². The van der Waals surface area contributed by atoms with E-state index in [4.69, 9.17) is 21.1 Å². The maximum absolute atomic E-state index is 6.10. The highest BCUT2D eigenvalue weighted by molar-refractivity contribution is 6.31. The molecule has 34 heavy (non-hydrogen) atoms. The van der Waals surface area contributed by atoms with Gasteiger partial charge in [0.25, 0.3) is 0 Å². The summed E-state index contributed by atoms with van der Waals surface area (Å²) < 4.78 is 11.8. The third-order valence-corrected chi connectivity index (χ3v) is 5.32. The monoisotopic (exact) mass is 472 g/mol. The first-order chi connectivity index (χ1) is 16.4. The fourth-order valence-corrected chi connectivity index (χ4v) is 3.60. The Hall–Kier alpha value is -3.76. The molecule has 174 valence electrons. The minimum absolute atomic E-state index is 0.340. The number of hydrogen-bond donors (Lipinski definition) is 1. The van der Waals surface area contributed by atoms with E-state index >= 15 is 0 Å². The maximum atomic E-state index is 6.10. The number of aromatic amines is 1. The smallest absolute Gasteiger partial charge is 0.145 e. The van der Waals surface area contributed by atoms with Gasteiger partial charge in [0.15, 0.2) is 0 Å². The van der Waals surface area contributed by atoms with Gasteiger partial charge in [0, 0.05) is 34.4 Å². The van der Waals surface area contributed by atoms with Crippen LogP contribution in [0.3, 0.4) is 0 Å². The summed E-state index contributed by atoms with van der Waals surface area (Å²) in [5.41, 5.74) is 2.75. The number of rotatable bonds is 7. The number of fused-ring (bicyclic) bond motifs is 1. The van der Waals surface area contributed by atoms with E-state index in [-0.39, 0.29) is 0 Å². The maximum Gasteiger partial charge on any atom is 0.145 e. The summed E-state index contributed by atoms with van der Waals surface area (Å²) in [4.78, 5) is 7.24. The molecule has 2 aromatic carbocycles. The van der Waals surface area contributed by atoms with Crippen molar-refractivity contribution in [1.29, 1.82) is 0 Å². The van der Waals surface area contributed by atoms with E-state index in [0.29, 0.717) is 18.1 Å². The summed E-state index contributed by atoms with van der Waals surface area (Å²) in [6.45, 7) is 18.7. The van der Waals surface area contributed by atoms with Gasteiger partial charge in [0.1, 0.15) is 23.9 Å². The Morgan fingerprint density at radius 2 is 1.91 bits per heavy atom. The zero-order chi connectivity index (χ0) is 24.7. The average molecular weight is 473 g/mol. The highest BCUT2D eigenvalue weighted by atomic mass is 35.5. The lowest BCUT2D eigenvalue weighted by Crippen LogP contribution is -2.24. The number of aryl methyl sites for hydroxylation is 1. The first kappa shape index (κ1) is 24.9. The third kappa shape index (κ3) is 5.97. The van der Waals surface area contributed by atoms with Crippen LogP contribution in [0.25, 0.3) is 29.0 Å². The molecule has 5 heteroatoms. The quantitative estimate of drug-likeness (QED) is 0.315. The minimum atomic E-state index is 0.340. The molecule has 0 aliphatic rings. The fourth-order valence-electron chi connectivity index (χ4n) is 3.42. The Labute approximate surface area is 205 Å². The molecule has 1 N–H and O–H groups in total. The second-order valence-electron chi connectivity index (χ2n) is 7.50. The standard InChI is InChI=1S/C27H23ClN2O2.C2H6/c1-17-10-22-12-23(28)8-7-21(22)13-27(17)31-16-18(2)25-15-30-26(20(25)4)11-19(3)32-24-6-5-9-29-14-24;1-2/h5-15,30H,2-4,16H2,1H3;1-2H3/b26-11+;. The number of nitrogens with one attached hydrogen (secondary N) is 1. The largest absolute Gasteiger partial charge is 0.489 e. The van der Waals surface area contributed by atoms with Crippen molar-refractivity contribution in [2.75, 3.05) is 6.61 Å². The second kappa shape index (κ2) is 11.4. The van der Waals surface area contributed by atoms with Crippen LogP contribution in [0, 0.1) is 6.92 Å². The molecule has 0 aliphatic carbocycles. The van der Waals surface area contributed by atoms with Crippen molar-refractivity contribution < 1.29 is 9.47 Å². The molecule has 4 rings (SSSR count). The predicted molar refractivity (Wildman–Crippen MR) is 144 cm³/mol. The highest BCUT2D eigenvalue weighted by Gasteiger charge is 2.08. The predicted octanol–water partition coefficient (Wildman–Crippen LogP) is 6.43. The van der Waals surface area contributed by atoms with Crippen molar-refractivity contribution in [3.8, 4) is 11.5 Å². The van der Waals surface area contributed by atoms with E-state index < -0.39 is 0 Å². The van der Waals surface area contributed by atoms with Crippen LogP contribution in [0.1, 0.15) is 25.0 Å². The molecule has 0 bridgehead atoms. The summed E-state index contributed by atoms with van der Waals surface area (Å²) in [7, 11) is 0. The Balaban J connectivity index is 0.00000158. The van der Waals surface area contributed by atoms with Crippen LogP contribution in [0.4, 0.5) is 0 Å². The minimum Gasteiger partial charge on any atom is -0.489 e. The average Bonchev–Trinajstić information content (AvgIpc) is 3.19. The van der Waals surface area contributed by atoms with E-state index in [1.165, 1.54) is 0 Å². The number of halogens is 1. The summed E-state index contributed by atoms with van der Waals surface area (Å²) in [5, 5.41) is 4.48. The lowest BCUT2D eigenvalue weighted by molar-refractivity contribution is 0.368. The molecule has 0 fully saturated rings. The van der Waals surface area contributed by atoms with Crippen molar-refractivity contribution >= 4 is 40.6 Å². The number of pyridine rings is 1. The van der Waals surface area contributed by atoms with Crippen LogP contribution in [0.2, 0.25) is 5.02 Å². The molecular formula is C29H29ClN2O2. The van der Waals surface area contributed by atoms with E-state index in [2.05, 4.69) is 35.8 Å². The zero-order valence-corrected chi connectivity index (χ0v) is 20.6. The van der Waals surface area contributed by atoms with Gasteiger partial charge < -0.3 is 14.5 Å². The molecule has 0 aliphatic heterocycles. The van der Waals surface area contributed by atoms with E-state index in [9.17, 15) is 0 Å². The van der Waals surface area contributed by atoms with Gasteiger partial charge in [-0.05, 0) is 70.4 Å². The van der Waals surface area contributed by atoms with E-state index in [0.717, 1.165) is 48.8 Å². The van der Waals surface area contributed by atoms with Crippen LogP contribution in [-0.2, 0) is 0 Å². The molecule has 0 unspecified atom stereocenters. The Kier molecular flexibility index (Phi) is 8.34. The molecule has 0 saturated heterocycles. The number of allylic oxidation sites excluding steroid dienone is 1. The van der Waals surface area contributed by atoms with Crippen LogP contribution < -0.4 is 20.0 Å². The fraction of sp³-hybridized carbons (Fsp3) is 0.138.